The van der Waals surface area contributed by atoms with Crippen LogP contribution in [0.2, 0.25) is 0 Å². The minimum absolute atomic E-state index is 0.0549. The molecule has 220 valence electrons. The molecule has 1 aliphatic rings. The van der Waals surface area contributed by atoms with Crippen molar-refractivity contribution >= 4 is 38.4 Å². The SMILES string of the molecule is O=S(=O)(Nc1cccc(C2OC(CSc3cccc[n+]3[O-])CC(c3ccc(CO)cc3)O2)c1)c1cccc2cccnc12. The number of fused-ring (bicyclic) bond motifs is 1. The molecule has 1 saturated heterocycles. The first-order valence-electron chi connectivity index (χ1n) is 13.7. The predicted octanol–water partition coefficient (Wildman–Crippen LogP) is 5.50. The van der Waals surface area contributed by atoms with Gasteiger partial charge in [-0.1, -0.05) is 66.4 Å². The number of aliphatic hydroxyl groups excluding tert-OH is 1. The van der Waals surface area contributed by atoms with Crippen molar-refractivity contribution in [2.45, 2.75) is 41.4 Å². The highest BCUT2D eigenvalue weighted by atomic mass is 32.2. The van der Waals surface area contributed by atoms with E-state index in [2.05, 4.69) is 9.71 Å². The molecule has 11 heteroatoms. The zero-order chi connectivity index (χ0) is 29.8. The van der Waals surface area contributed by atoms with Gasteiger partial charge in [0.05, 0.1) is 24.3 Å². The van der Waals surface area contributed by atoms with Crippen LogP contribution >= 0.6 is 11.8 Å². The van der Waals surface area contributed by atoms with E-state index in [0.29, 0.717) is 34.0 Å². The lowest BCUT2D eigenvalue weighted by Crippen LogP contribution is -2.32. The third-order valence-corrected chi connectivity index (χ3v) is 9.68. The largest absolute Gasteiger partial charge is 0.618 e. The first-order chi connectivity index (χ1) is 20.9. The van der Waals surface area contributed by atoms with Gasteiger partial charge in [0.2, 0.25) is 0 Å². The maximum absolute atomic E-state index is 13.4. The fourth-order valence-electron chi connectivity index (χ4n) is 4.98. The summed E-state index contributed by atoms with van der Waals surface area (Å²) in [5.41, 5.74) is 3.11. The highest BCUT2D eigenvalue weighted by Gasteiger charge is 2.33. The number of thioether (sulfide) groups is 1. The summed E-state index contributed by atoms with van der Waals surface area (Å²) in [6, 6.07) is 28.4. The first kappa shape index (κ1) is 29.1. The topological polar surface area (TPSA) is 125 Å². The standard InChI is InChI=1S/C32H29N3O6S2/c36-20-22-12-14-23(15-13-22)28-19-27(21-42-30-11-1-2-17-35(30)37)40-32(41-28)25-7-3-9-26(18-25)34-43(38,39)29-10-4-6-24-8-5-16-33-31(24)29/h1-18,27-28,32,34,36H,19-21H2. The zero-order valence-electron chi connectivity index (χ0n) is 22.9. The number of hydrogen-bond donors (Lipinski definition) is 2. The predicted molar refractivity (Wildman–Crippen MR) is 164 cm³/mol. The number of aliphatic hydroxyl groups is 1. The molecule has 0 bridgehead atoms. The van der Waals surface area contributed by atoms with E-state index in [9.17, 15) is 18.7 Å². The fraction of sp³-hybridized carbons (Fsp3) is 0.188. The molecule has 5 aromatic rings. The molecule has 2 N–H and O–H groups in total. The molecule has 1 aliphatic heterocycles. The van der Waals surface area contributed by atoms with Crippen LogP contribution in [-0.4, -0.2) is 30.4 Å². The monoisotopic (exact) mass is 615 g/mol. The Balaban J connectivity index is 1.26. The number of benzene rings is 3. The Morgan fingerprint density at radius 2 is 1.77 bits per heavy atom. The molecule has 2 aromatic heterocycles. The van der Waals surface area contributed by atoms with Crippen molar-refractivity contribution in [3.63, 3.8) is 0 Å². The number of ether oxygens (including phenoxy) is 2. The summed E-state index contributed by atoms with van der Waals surface area (Å²) in [6.45, 7) is -0.0549. The number of para-hydroxylation sites is 1. The van der Waals surface area contributed by atoms with Gasteiger partial charge in [-0.3, -0.25) is 9.71 Å². The Morgan fingerprint density at radius 1 is 0.953 bits per heavy atom. The van der Waals surface area contributed by atoms with Crippen LogP contribution in [0.4, 0.5) is 5.69 Å². The molecular weight excluding hydrogens is 587 g/mol. The molecule has 0 aliphatic carbocycles. The normalized spacial score (nSPS) is 18.9. The average molecular weight is 616 g/mol. The maximum Gasteiger partial charge on any atom is 0.264 e. The number of rotatable bonds is 9. The van der Waals surface area contributed by atoms with Crippen molar-refractivity contribution in [3.8, 4) is 0 Å². The lowest BCUT2D eigenvalue weighted by atomic mass is 10.0. The molecule has 0 amide bonds. The fourth-order valence-corrected chi connectivity index (χ4v) is 7.14. The third-order valence-electron chi connectivity index (χ3n) is 7.12. The van der Waals surface area contributed by atoms with Gasteiger partial charge in [-0.2, -0.15) is 4.73 Å². The van der Waals surface area contributed by atoms with E-state index < -0.39 is 16.3 Å². The first-order valence-corrected chi connectivity index (χ1v) is 16.1. The van der Waals surface area contributed by atoms with Crippen molar-refractivity contribution < 1.29 is 27.7 Å². The molecule has 0 saturated carbocycles. The van der Waals surface area contributed by atoms with Crippen LogP contribution in [0.3, 0.4) is 0 Å². The second-order valence-electron chi connectivity index (χ2n) is 10.1. The molecule has 9 nitrogen and oxygen atoms in total. The van der Waals surface area contributed by atoms with Gasteiger partial charge in [0.15, 0.2) is 12.5 Å². The molecule has 0 radical (unpaired) electrons. The lowest BCUT2D eigenvalue weighted by molar-refractivity contribution is -0.645. The molecule has 3 heterocycles. The summed E-state index contributed by atoms with van der Waals surface area (Å²) in [6.07, 6.45) is 2.19. The van der Waals surface area contributed by atoms with Crippen LogP contribution in [0.15, 0.2) is 119 Å². The quantitative estimate of drug-likeness (QED) is 0.127. The molecule has 3 atom stereocenters. The Bertz CT molecular complexity index is 1830. The van der Waals surface area contributed by atoms with E-state index in [1.807, 2.05) is 48.5 Å². The van der Waals surface area contributed by atoms with Gasteiger partial charge < -0.3 is 19.8 Å². The van der Waals surface area contributed by atoms with Crippen LogP contribution in [0.5, 0.6) is 0 Å². The van der Waals surface area contributed by atoms with E-state index in [0.717, 1.165) is 21.2 Å². The van der Waals surface area contributed by atoms with Gasteiger partial charge in [-0.25, -0.2) is 8.42 Å². The van der Waals surface area contributed by atoms with E-state index in [-0.39, 0.29) is 23.7 Å². The number of pyridine rings is 2. The van der Waals surface area contributed by atoms with Gasteiger partial charge >= 0.3 is 0 Å². The Morgan fingerprint density at radius 3 is 2.58 bits per heavy atom. The summed E-state index contributed by atoms with van der Waals surface area (Å²) >= 11 is 1.40. The van der Waals surface area contributed by atoms with Gasteiger partial charge in [-0.15, -0.1) is 0 Å². The minimum Gasteiger partial charge on any atom is -0.618 e. The Kier molecular flexibility index (Phi) is 8.59. The van der Waals surface area contributed by atoms with Crippen LogP contribution in [0.25, 0.3) is 10.9 Å². The van der Waals surface area contributed by atoms with Crippen molar-refractivity contribution in [2.75, 3.05) is 10.5 Å². The van der Waals surface area contributed by atoms with E-state index in [1.165, 1.54) is 24.0 Å². The van der Waals surface area contributed by atoms with Crippen molar-refractivity contribution in [1.82, 2.24) is 4.98 Å². The van der Waals surface area contributed by atoms with Gasteiger partial charge in [-0.05, 0) is 41.5 Å². The summed E-state index contributed by atoms with van der Waals surface area (Å²) in [5, 5.41) is 23.0. The molecule has 3 aromatic carbocycles. The Hall–Kier alpha value is -4.00. The summed E-state index contributed by atoms with van der Waals surface area (Å²) in [5.74, 6) is 0.512. The highest BCUT2D eigenvalue weighted by molar-refractivity contribution is 7.99. The second-order valence-corrected chi connectivity index (χ2v) is 12.8. The summed E-state index contributed by atoms with van der Waals surface area (Å²) < 4.78 is 43.2. The zero-order valence-corrected chi connectivity index (χ0v) is 24.6. The van der Waals surface area contributed by atoms with E-state index >= 15 is 0 Å². The number of hydrogen-bond acceptors (Lipinski definition) is 8. The molecule has 43 heavy (non-hydrogen) atoms. The number of nitrogens with one attached hydrogen (secondary N) is 1. The second kappa shape index (κ2) is 12.7. The number of anilines is 1. The molecule has 0 spiro atoms. The number of nitrogens with zero attached hydrogens (tertiary/aromatic N) is 2. The van der Waals surface area contributed by atoms with Crippen LogP contribution in [0.1, 0.15) is 35.5 Å². The van der Waals surface area contributed by atoms with E-state index in [1.54, 1.807) is 48.7 Å². The smallest absolute Gasteiger partial charge is 0.264 e. The van der Waals surface area contributed by atoms with Gasteiger partial charge in [0, 0.05) is 47.1 Å². The molecular formula is C32H29N3O6S2. The van der Waals surface area contributed by atoms with Crippen LogP contribution < -0.4 is 9.45 Å². The maximum atomic E-state index is 13.4. The van der Waals surface area contributed by atoms with Crippen LogP contribution in [-0.2, 0) is 26.1 Å². The lowest BCUT2D eigenvalue weighted by Gasteiger charge is -2.36. The Labute approximate surface area is 253 Å². The minimum atomic E-state index is -3.95. The van der Waals surface area contributed by atoms with Crippen LogP contribution in [0, 0.1) is 5.21 Å². The average Bonchev–Trinajstić information content (AvgIpc) is 3.04. The molecule has 6 rings (SSSR count). The summed E-state index contributed by atoms with van der Waals surface area (Å²) in [4.78, 5) is 4.37. The van der Waals surface area contributed by atoms with E-state index in [4.69, 9.17) is 9.47 Å². The van der Waals surface area contributed by atoms with Crippen molar-refractivity contribution in [2.24, 2.45) is 0 Å². The van der Waals surface area contributed by atoms with Gasteiger partial charge in [0.25, 0.3) is 15.0 Å². The van der Waals surface area contributed by atoms with Crippen molar-refractivity contribution in [1.29, 1.82) is 0 Å². The van der Waals surface area contributed by atoms with Gasteiger partial charge in [0.1, 0.15) is 4.90 Å². The number of aromatic nitrogens is 2. The van der Waals surface area contributed by atoms with Crippen molar-refractivity contribution in [3.05, 3.63) is 131 Å². The number of sulfonamides is 1. The molecule has 1 fully saturated rings. The third kappa shape index (κ3) is 6.66. The highest BCUT2D eigenvalue weighted by Crippen LogP contribution is 2.40. The molecule has 3 unspecified atom stereocenters. The summed E-state index contributed by atoms with van der Waals surface area (Å²) in [7, 11) is -3.95.